The van der Waals surface area contributed by atoms with E-state index >= 15 is 0 Å². The summed E-state index contributed by atoms with van der Waals surface area (Å²) in [5, 5.41) is 12.5. The van der Waals surface area contributed by atoms with Crippen LogP contribution in [0.2, 0.25) is 0 Å². The molecule has 2 saturated carbocycles. The van der Waals surface area contributed by atoms with Gasteiger partial charge in [-0.3, -0.25) is 10.1 Å². The first-order valence-electron chi connectivity index (χ1n) is 7.41. The number of rotatable bonds is 3. The van der Waals surface area contributed by atoms with Gasteiger partial charge in [0.15, 0.2) is 0 Å². The average Bonchev–Trinajstić information content (AvgIpc) is 2.39. The Hall–Kier alpha value is -0.780. The smallest absolute Gasteiger partial charge is 0.391 e. The largest absolute Gasteiger partial charge is 0.480 e. The van der Waals surface area contributed by atoms with E-state index in [9.17, 15) is 23.1 Å². The van der Waals surface area contributed by atoms with Gasteiger partial charge in [-0.2, -0.15) is 13.2 Å². The van der Waals surface area contributed by atoms with Gasteiger partial charge in [0.2, 0.25) is 0 Å². The Balaban J connectivity index is 2.10. The SMILES string of the molecule is O=C(O)C1(NC2CCCCC2)CCCC(C(F)(F)F)C1. The lowest BCUT2D eigenvalue weighted by Gasteiger charge is -2.42. The molecule has 2 atom stereocenters. The fraction of sp³-hybridized carbons (Fsp3) is 0.929. The van der Waals surface area contributed by atoms with E-state index in [0.29, 0.717) is 12.8 Å². The normalized spacial score (nSPS) is 33.0. The predicted molar refractivity (Wildman–Crippen MR) is 68.4 cm³/mol. The van der Waals surface area contributed by atoms with E-state index in [1.54, 1.807) is 0 Å². The molecule has 0 heterocycles. The van der Waals surface area contributed by atoms with Crippen molar-refractivity contribution in [3.63, 3.8) is 0 Å². The minimum atomic E-state index is -4.30. The number of carboxylic acid groups (broad SMARTS) is 1. The summed E-state index contributed by atoms with van der Waals surface area (Å²) in [4.78, 5) is 11.6. The molecule has 2 rings (SSSR count). The summed E-state index contributed by atoms with van der Waals surface area (Å²) in [5.74, 6) is -2.62. The van der Waals surface area contributed by atoms with Crippen molar-refractivity contribution in [2.45, 2.75) is 75.5 Å². The summed E-state index contributed by atoms with van der Waals surface area (Å²) in [6.07, 6.45) is 0.942. The second kappa shape index (κ2) is 5.92. The first kappa shape index (κ1) is 15.6. The van der Waals surface area contributed by atoms with Crippen molar-refractivity contribution in [1.29, 1.82) is 0 Å². The molecule has 2 unspecified atom stereocenters. The zero-order valence-electron chi connectivity index (χ0n) is 11.5. The number of nitrogens with one attached hydrogen (secondary N) is 1. The van der Waals surface area contributed by atoms with Crippen molar-refractivity contribution in [3.8, 4) is 0 Å². The van der Waals surface area contributed by atoms with E-state index in [1.807, 2.05) is 0 Å². The van der Waals surface area contributed by atoms with Gasteiger partial charge in [0.25, 0.3) is 0 Å². The van der Waals surface area contributed by atoms with Crippen LogP contribution in [-0.2, 0) is 4.79 Å². The third-order valence-corrected chi connectivity index (χ3v) is 4.71. The van der Waals surface area contributed by atoms with Gasteiger partial charge in [-0.05, 0) is 32.1 Å². The predicted octanol–water partition coefficient (Wildman–Crippen LogP) is 3.48. The van der Waals surface area contributed by atoms with Crippen molar-refractivity contribution in [2.75, 3.05) is 0 Å². The van der Waals surface area contributed by atoms with E-state index < -0.39 is 23.6 Å². The van der Waals surface area contributed by atoms with Crippen LogP contribution in [0.3, 0.4) is 0 Å². The van der Waals surface area contributed by atoms with Gasteiger partial charge in [-0.25, -0.2) is 0 Å². The van der Waals surface area contributed by atoms with Gasteiger partial charge in [-0.15, -0.1) is 0 Å². The highest BCUT2D eigenvalue weighted by molar-refractivity contribution is 5.79. The molecule has 2 aliphatic carbocycles. The van der Waals surface area contributed by atoms with Crippen LogP contribution in [0.1, 0.15) is 57.8 Å². The van der Waals surface area contributed by atoms with Gasteiger partial charge < -0.3 is 5.11 Å². The summed E-state index contributed by atoms with van der Waals surface area (Å²) in [6, 6.07) is 0.0480. The van der Waals surface area contributed by atoms with Crippen LogP contribution >= 0.6 is 0 Å². The molecular weight excluding hydrogens is 271 g/mol. The summed E-state index contributed by atoms with van der Waals surface area (Å²) >= 11 is 0. The fourth-order valence-corrected chi connectivity index (χ4v) is 3.58. The summed E-state index contributed by atoms with van der Waals surface area (Å²) < 4.78 is 38.7. The maximum atomic E-state index is 12.9. The molecule has 0 spiro atoms. The second-order valence-electron chi connectivity index (χ2n) is 6.20. The lowest BCUT2D eigenvalue weighted by molar-refractivity contribution is -0.192. The molecule has 0 radical (unpaired) electrons. The maximum absolute atomic E-state index is 12.9. The highest BCUT2D eigenvalue weighted by Gasteiger charge is 2.51. The Labute approximate surface area is 116 Å². The molecule has 0 aliphatic heterocycles. The number of alkyl halides is 3. The monoisotopic (exact) mass is 293 g/mol. The van der Waals surface area contributed by atoms with Gasteiger partial charge in [-0.1, -0.05) is 25.7 Å². The highest BCUT2D eigenvalue weighted by atomic mass is 19.4. The number of hydrogen-bond acceptors (Lipinski definition) is 2. The molecule has 0 amide bonds. The molecule has 2 aliphatic rings. The molecule has 0 aromatic rings. The Morgan fingerprint density at radius 2 is 1.75 bits per heavy atom. The molecule has 2 fully saturated rings. The topological polar surface area (TPSA) is 49.3 Å². The molecular formula is C14H22F3NO2. The van der Waals surface area contributed by atoms with Gasteiger partial charge in [0, 0.05) is 6.04 Å². The second-order valence-corrected chi connectivity index (χ2v) is 6.20. The van der Waals surface area contributed by atoms with Crippen LogP contribution in [0.25, 0.3) is 0 Å². The van der Waals surface area contributed by atoms with Crippen LogP contribution in [0.4, 0.5) is 13.2 Å². The molecule has 0 aromatic heterocycles. The molecule has 0 aromatic carbocycles. The van der Waals surface area contributed by atoms with E-state index in [4.69, 9.17) is 0 Å². The third-order valence-electron chi connectivity index (χ3n) is 4.71. The Morgan fingerprint density at radius 3 is 2.30 bits per heavy atom. The van der Waals surface area contributed by atoms with E-state index in [1.165, 1.54) is 0 Å². The molecule has 0 saturated heterocycles. The molecule has 0 bridgehead atoms. The standard InChI is InChI=1S/C14H22F3NO2/c15-14(16,17)10-5-4-8-13(9-10,12(19)20)18-11-6-2-1-3-7-11/h10-11,18H,1-9H2,(H,19,20). The summed E-state index contributed by atoms with van der Waals surface area (Å²) in [7, 11) is 0. The van der Waals surface area contributed by atoms with Crippen molar-refractivity contribution >= 4 is 5.97 Å². The van der Waals surface area contributed by atoms with Crippen molar-refractivity contribution in [1.82, 2.24) is 5.32 Å². The first-order chi connectivity index (χ1) is 9.33. The highest BCUT2D eigenvalue weighted by Crippen LogP contribution is 2.42. The van der Waals surface area contributed by atoms with E-state index in [2.05, 4.69) is 5.32 Å². The van der Waals surface area contributed by atoms with Gasteiger partial charge >= 0.3 is 12.1 Å². The lowest BCUT2D eigenvalue weighted by Crippen LogP contribution is -2.59. The minimum absolute atomic E-state index is 0.0465. The Morgan fingerprint density at radius 1 is 1.10 bits per heavy atom. The quantitative estimate of drug-likeness (QED) is 0.837. The molecule has 6 heteroatoms. The van der Waals surface area contributed by atoms with Crippen LogP contribution in [-0.4, -0.2) is 28.8 Å². The number of halogens is 3. The molecule has 3 nitrogen and oxygen atoms in total. The van der Waals surface area contributed by atoms with Crippen molar-refractivity contribution < 1.29 is 23.1 Å². The molecule has 2 N–H and O–H groups in total. The van der Waals surface area contributed by atoms with Crippen LogP contribution in [0.5, 0.6) is 0 Å². The molecule has 116 valence electrons. The number of carboxylic acids is 1. The average molecular weight is 293 g/mol. The number of aliphatic carboxylic acids is 1. The number of hydrogen-bond donors (Lipinski definition) is 2. The minimum Gasteiger partial charge on any atom is -0.480 e. The van der Waals surface area contributed by atoms with Crippen LogP contribution in [0.15, 0.2) is 0 Å². The lowest BCUT2D eigenvalue weighted by atomic mass is 9.74. The molecule has 20 heavy (non-hydrogen) atoms. The summed E-state index contributed by atoms with van der Waals surface area (Å²) in [6.45, 7) is 0. The van der Waals surface area contributed by atoms with Gasteiger partial charge in [0.1, 0.15) is 5.54 Å². The summed E-state index contributed by atoms with van der Waals surface area (Å²) in [5.41, 5.74) is -1.39. The van der Waals surface area contributed by atoms with Crippen molar-refractivity contribution in [3.05, 3.63) is 0 Å². The van der Waals surface area contributed by atoms with E-state index in [-0.39, 0.29) is 18.9 Å². The van der Waals surface area contributed by atoms with E-state index in [0.717, 1.165) is 32.1 Å². The van der Waals surface area contributed by atoms with Crippen LogP contribution in [0, 0.1) is 5.92 Å². The van der Waals surface area contributed by atoms with Gasteiger partial charge in [0.05, 0.1) is 5.92 Å². The zero-order chi connectivity index (χ0) is 14.8. The first-order valence-corrected chi connectivity index (χ1v) is 7.41. The number of carbonyl (C=O) groups is 1. The Kier molecular flexibility index (Phi) is 4.62. The fourth-order valence-electron chi connectivity index (χ4n) is 3.58. The van der Waals surface area contributed by atoms with Crippen LogP contribution < -0.4 is 5.32 Å². The maximum Gasteiger partial charge on any atom is 0.391 e. The Bertz CT molecular complexity index is 353. The third kappa shape index (κ3) is 3.45. The zero-order valence-corrected chi connectivity index (χ0v) is 11.5. The van der Waals surface area contributed by atoms with Crippen molar-refractivity contribution in [2.24, 2.45) is 5.92 Å².